The highest BCUT2D eigenvalue weighted by Crippen LogP contribution is 2.23. The highest BCUT2D eigenvalue weighted by atomic mass is 16.3. The molecule has 0 aliphatic carbocycles. The van der Waals surface area contributed by atoms with Gasteiger partial charge >= 0.3 is 0 Å². The fraction of sp³-hybridized carbons (Fsp3) is 0.692. The van der Waals surface area contributed by atoms with Gasteiger partial charge in [0.1, 0.15) is 0 Å². The van der Waals surface area contributed by atoms with Gasteiger partial charge in [0.05, 0.1) is 23.8 Å². The Hall–Kier alpha value is -1.40. The van der Waals surface area contributed by atoms with Crippen molar-refractivity contribution >= 4 is 5.91 Å². The molecule has 1 saturated heterocycles. The smallest absolute Gasteiger partial charge is 0.227 e. The minimum absolute atomic E-state index is 0.0397. The molecule has 2 unspecified atom stereocenters. The van der Waals surface area contributed by atoms with E-state index in [2.05, 4.69) is 10.2 Å². The van der Waals surface area contributed by atoms with Crippen molar-refractivity contribution in [3.63, 3.8) is 0 Å². The van der Waals surface area contributed by atoms with Crippen LogP contribution in [0.4, 0.5) is 0 Å². The van der Waals surface area contributed by atoms with Gasteiger partial charge in [-0.2, -0.15) is 5.10 Å². The van der Waals surface area contributed by atoms with Gasteiger partial charge in [0.2, 0.25) is 5.91 Å². The maximum Gasteiger partial charge on any atom is 0.227 e. The van der Waals surface area contributed by atoms with Crippen LogP contribution >= 0.6 is 0 Å². The summed E-state index contributed by atoms with van der Waals surface area (Å²) in [7, 11) is 0. The van der Waals surface area contributed by atoms with Gasteiger partial charge in [-0.05, 0) is 27.2 Å². The molecule has 2 atom stereocenters. The Bertz CT molecular complexity index is 462. The third-order valence-electron chi connectivity index (χ3n) is 3.96. The lowest BCUT2D eigenvalue weighted by atomic mass is 9.90. The van der Waals surface area contributed by atoms with Crippen molar-refractivity contribution in [2.45, 2.75) is 45.3 Å². The first-order chi connectivity index (χ1) is 8.81. The third-order valence-corrected chi connectivity index (χ3v) is 3.96. The Morgan fingerprint density at radius 2 is 2.26 bits per heavy atom. The number of hydrogen-bond donors (Lipinski definition) is 3. The molecule has 1 aliphatic rings. The Balaban J connectivity index is 2.02. The van der Waals surface area contributed by atoms with Gasteiger partial charge in [-0.1, -0.05) is 0 Å². The van der Waals surface area contributed by atoms with E-state index < -0.39 is 11.7 Å². The number of nitrogens with one attached hydrogen (secondary N) is 1. The molecule has 1 aliphatic heterocycles. The number of nitrogens with zero attached hydrogens (tertiary/aromatic N) is 2. The first kappa shape index (κ1) is 14.0. The van der Waals surface area contributed by atoms with Crippen LogP contribution in [0.1, 0.15) is 30.3 Å². The second-order valence-electron chi connectivity index (χ2n) is 5.55. The van der Waals surface area contributed by atoms with E-state index in [9.17, 15) is 15.0 Å². The van der Waals surface area contributed by atoms with Gasteiger partial charge in [-0.25, -0.2) is 0 Å². The second kappa shape index (κ2) is 4.94. The summed E-state index contributed by atoms with van der Waals surface area (Å²) < 4.78 is 0. The molecular weight excluding hydrogens is 246 g/mol. The highest BCUT2D eigenvalue weighted by molar-refractivity contribution is 5.79. The molecule has 0 bridgehead atoms. The molecule has 3 N–H and O–H groups in total. The summed E-state index contributed by atoms with van der Waals surface area (Å²) >= 11 is 0. The Morgan fingerprint density at radius 3 is 2.79 bits per heavy atom. The quantitative estimate of drug-likeness (QED) is 0.699. The molecule has 2 heterocycles. The van der Waals surface area contributed by atoms with Crippen LogP contribution in [-0.2, 0) is 11.2 Å². The van der Waals surface area contributed by atoms with Gasteiger partial charge < -0.3 is 15.1 Å². The van der Waals surface area contributed by atoms with Crippen LogP contribution in [-0.4, -0.2) is 56.0 Å². The monoisotopic (exact) mass is 267 g/mol. The van der Waals surface area contributed by atoms with Crippen molar-refractivity contribution < 1.29 is 15.0 Å². The van der Waals surface area contributed by atoms with Crippen LogP contribution in [0.25, 0.3) is 0 Å². The lowest BCUT2D eigenvalue weighted by Crippen LogP contribution is -2.55. The van der Waals surface area contributed by atoms with Crippen molar-refractivity contribution in [3.05, 3.63) is 17.0 Å². The van der Waals surface area contributed by atoms with Crippen molar-refractivity contribution in [2.75, 3.05) is 13.1 Å². The number of aromatic amines is 1. The number of carbonyl (C=O) groups is 1. The van der Waals surface area contributed by atoms with Crippen molar-refractivity contribution in [1.29, 1.82) is 0 Å². The first-order valence-electron chi connectivity index (χ1n) is 6.50. The third kappa shape index (κ3) is 2.79. The largest absolute Gasteiger partial charge is 0.388 e. The summed E-state index contributed by atoms with van der Waals surface area (Å²) in [5.74, 6) is -0.0397. The zero-order valence-electron chi connectivity index (χ0n) is 11.6. The van der Waals surface area contributed by atoms with Crippen LogP contribution in [0.2, 0.25) is 0 Å². The number of H-pyrrole nitrogens is 1. The molecule has 1 amide bonds. The normalized spacial score (nSPS) is 27.6. The van der Waals surface area contributed by atoms with E-state index in [1.165, 1.54) is 0 Å². The molecule has 6 heteroatoms. The summed E-state index contributed by atoms with van der Waals surface area (Å²) in [6, 6.07) is 0. The second-order valence-corrected chi connectivity index (χ2v) is 5.55. The number of carbonyl (C=O) groups excluding carboxylic acids is 1. The molecule has 0 spiro atoms. The highest BCUT2D eigenvalue weighted by Gasteiger charge is 2.37. The van der Waals surface area contributed by atoms with Crippen LogP contribution in [0.15, 0.2) is 0 Å². The molecule has 1 aromatic rings. The number of aromatic nitrogens is 2. The zero-order chi connectivity index (χ0) is 14.2. The van der Waals surface area contributed by atoms with Gasteiger partial charge in [0, 0.05) is 24.3 Å². The number of β-amino-alcohol motifs (C(OH)–C–C–N with tert-alkyl or cyclic N) is 1. The van der Waals surface area contributed by atoms with Crippen LogP contribution < -0.4 is 0 Å². The predicted molar refractivity (Wildman–Crippen MR) is 69.6 cm³/mol. The Labute approximate surface area is 112 Å². The Morgan fingerprint density at radius 1 is 1.58 bits per heavy atom. The van der Waals surface area contributed by atoms with E-state index in [0.717, 1.165) is 17.0 Å². The molecular formula is C13H21N3O3. The SMILES string of the molecule is Cc1n[nH]c(C)c1CC(=O)N1CCC(C)(O)C(O)C1. The zero-order valence-corrected chi connectivity index (χ0v) is 11.6. The van der Waals surface area contributed by atoms with E-state index in [-0.39, 0.29) is 18.9 Å². The number of hydrogen-bond acceptors (Lipinski definition) is 4. The lowest BCUT2D eigenvalue weighted by molar-refractivity contribution is -0.145. The topological polar surface area (TPSA) is 89.5 Å². The van der Waals surface area contributed by atoms with E-state index in [4.69, 9.17) is 0 Å². The predicted octanol–water partition coefficient (Wildman–Crippen LogP) is -0.0868. The number of aryl methyl sites for hydroxylation is 2. The summed E-state index contributed by atoms with van der Waals surface area (Å²) in [4.78, 5) is 13.8. The first-order valence-corrected chi connectivity index (χ1v) is 6.50. The van der Waals surface area contributed by atoms with Crippen molar-refractivity contribution in [1.82, 2.24) is 15.1 Å². The number of rotatable bonds is 2. The summed E-state index contributed by atoms with van der Waals surface area (Å²) in [5, 5.41) is 26.6. The molecule has 2 rings (SSSR count). The fourth-order valence-corrected chi connectivity index (χ4v) is 2.35. The summed E-state index contributed by atoms with van der Waals surface area (Å²) in [5.41, 5.74) is 1.54. The van der Waals surface area contributed by atoms with Crippen LogP contribution in [0.3, 0.4) is 0 Å². The van der Waals surface area contributed by atoms with Gasteiger partial charge in [0.25, 0.3) is 0 Å². The number of aliphatic hydroxyl groups excluding tert-OH is 1. The number of likely N-dealkylation sites (tertiary alicyclic amines) is 1. The van der Waals surface area contributed by atoms with E-state index >= 15 is 0 Å². The van der Waals surface area contributed by atoms with Gasteiger partial charge in [-0.15, -0.1) is 0 Å². The molecule has 0 aromatic carbocycles. The molecule has 1 aromatic heterocycles. The summed E-state index contributed by atoms with van der Waals surface area (Å²) in [6.07, 6.45) is -0.219. The number of piperidine rings is 1. The van der Waals surface area contributed by atoms with E-state index in [0.29, 0.717) is 13.0 Å². The van der Waals surface area contributed by atoms with Crippen LogP contribution in [0, 0.1) is 13.8 Å². The number of aliphatic hydroxyl groups is 2. The molecule has 0 radical (unpaired) electrons. The van der Waals surface area contributed by atoms with Crippen molar-refractivity contribution in [2.24, 2.45) is 0 Å². The van der Waals surface area contributed by atoms with E-state index in [1.54, 1.807) is 11.8 Å². The number of amides is 1. The van der Waals surface area contributed by atoms with Crippen LogP contribution in [0.5, 0.6) is 0 Å². The molecule has 1 fully saturated rings. The minimum atomic E-state index is -1.10. The fourth-order valence-electron chi connectivity index (χ4n) is 2.35. The molecule has 19 heavy (non-hydrogen) atoms. The summed E-state index contributed by atoms with van der Waals surface area (Å²) in [6.45, 7) is 6.00. The maximum absolute atomic E-state index is 12.2. The Kier molecular flexibility index (Phi) is 3.64. The van der Waals surface area contributed by atoms with Gasteiger partial charge in [0.15, 0.2) is 0 Å². The molecule has 6 nitrogen and oxygen atoms in total. The minimum Gasteiger partial charge on any atom is -0.388 e. The van der Waals surface area contributed by atoms with Gasteiger partial charge in [-0.3, -0.25) is 9.89 Å². The molecule has 0 saturated carbocycles. The standard InChI is InChI=1S/C13H21N3O3/c1-8-10(9(2)15-14-8)6-12(18)16-5-4-13(3,19)11(17)7-16/h11,17,19H,4-7H2,1-3H3,(H,14,15). The van der Waals surface area contributed by atoms with E-state index in [1.807, 2.05) is 13.8 Å². The van der Waals surface area contributed by atoms with Crippen molar-refractivity contribution in [3.8, 4) is 0 Å². The molecule has 106 valence electrons. The maximum atomic E-state index is 12.2. The lowest BCUT2D eigenvalue weighted by Gasteiger charge is -2.40. The average Bonchev–Trinajstić information content (AvgIpc) is 2.64. The average molecular weight is 267 g/mol.